The van der Waals surface area contributed by atoms with E-state index in [2.05, 4.69) is 229 Å². The molecule has 0 aliphatic carbocycles. The molecular weight excluding hydrogens is 717 g/mol. The zero-order valence-corrected chi connectivity index (χ0v) is 32.9. The molecule has 0 spiro atoms. The summed E-state index contributed by atoms with van der Waals surface area (Å²) in [4.78, 5) is 0. The van der Waals surface area contributed by atoms with E-state index in [9.17, 15) is 0 Å². The van der Waals surface area contributed by atoms with Crippen LogP contribution in [0.1, 0.15) is 11.1 Å². The molecule has 0 N–H and O–H groups in total. The van der Waals surface area contributed by atoms with E-state index in [1.165, 1.54) is 66.0 Å². The SMILES string of the molecule is Cc1ccccc1C.c1ccc(-c2ccc3c(c2)c2ccccc2n3-c2ccc3oc4c(-n5c6ccccc6c6cc(-c7ccccc7)ccc65)cccc4c3c2)cc1. The average molecular weight is 757 g/mol. The topological polar surface area (TPSA) is 23.0 Å². The molecule has 0 aliphatic heterocycles. The summed E-state index contributed by atoms with van der Waals surface area (Å²) in [6.07, 6.45) is 0. The predicted octanol–water partition coefficient (Wildman–Crippen LogP) is 15.4. The van der Waals surface area contributed by atoms with Crippen molar-refractivity contribution in [2.75, 3.05) is 0 Å². The van der Waals surface area contributed by atoms with Gasteiger partial charge in [-0.2, -0.15) is 0 Å². The van der Waals surface area contributed by atoms with E-state index in [4.69, 9.17) is 4.42 Å². The maximum absolute atomic E-state index is 6.78. The molecule has 0 amide bonds. The highest BCUT2D eigenvalue weighted by Crippen LogP contribution is 2.41. The van der Waals surface area contributed by atoms with Gasteiger partial charge in [-0.25, -0.2) is 0 Å². The number of nitrogens with zero attached hydrogens (tertiary/aromatic N) is 2. The van der Waals surface area contributed by atoms with Gasteiger partial charge in [-0.1, -0.05) is 146 Å². The molecule has 0 saturated heterocycles. The molecule has 280 valence electrons. The molecule has 59 heavy (non-hydrogen) atoms. The molecule has 0 radical (unpaired) electrons. The highest BCUT2D eigenvalue weighted by atomic mass is 16.3. The van der Waals surface area contributed by atoms with Crippen LogP contribution in [0.2, 0.25) is 0 Å². The van der Waals surface area contributed by atoms with E-state index < -0.39 is 0 Å². The lowest BCUT2D eigenvalue weighted by Gasteiger charge is -2.09. The first-order chi connectivity index (χ1) is 29.1. The fourth-order valence-electron chi connectivity index (χ4n) is 8.85. The molecule has 3 heterocycles. The van der Waals surface area contributed by atoms with Crippen molar-refractivity contribution in [1.82, 2.24) is 9.13 Å². The Kier molecular flexibility index (Phi) is 8.27. The zero-order valence-electron chi connectivity index (χ0n) is 32.9. The number of para-hydroxylation sites is 3. The van der Waals surface area contributed by atoms with Gasteiger partial charge >= 0.3 is 0 Å². The number of hydrogen-bond acceptors (Lipinski definition) is 1. The molecular formula is C56H40N2O. The lowest BCUT2D eigenvalue weighted by molar-refractivity contribution is 0.666. The van der Waals surface area contributed by atoms with E-state index in [0.29, 0.717) is 0 Å². The molecule has 3 nitrogen and oxygen atoms in total. The van der Waals surface area contributed by atoms with Gasteiger partial charge < -0.3 is 13.6 Å². The molecule has 9 aromatic carbocycles. The van der Waals surface area contributed by atoms with E-state index in [0.717, 1.165) is 44.3 Å². The van der Waals surface area contributed by atoms with Gasteiger partial charge in [-0.05, 0) is 108 Å². The Labute approximate surface area is 342 Å². The number of furan rings is 1. The molecule has 0 bridgehead atoms. The molecule has 0 atom stereocenters. The Morgan fingerprint density at radius 3 is 1.41 bits per heavy atom. The van der Waals surface area contributed by atoms with Crippen LogP contribution in [0.3, 0.4) is 0 Å². The summed E-state index contributed by atoms with van der Waals surface area (Å²) >= 11 is 0. The minimum Gasteiger partial charge on any atom is -0.454 e. The van der Waals surface area contributed by atoms with E-state index >= 15 is 0 Å². The van der Waals surface area contributed by atoms with Crippen molar-refractivity contribution in [3.63, 3.8) is 0 Å². The van der Waals surface area contributed by atoms with Crippen LogP contribution in [0.15, 0.2) is 211 Å². The maximum Gasteiger partial charge on any atom is 0.159 e. The van der Waals surface area contributed by atoms with Crippen LogP contribution in [0.4, 0.5) is 0 Å². The van der Waals surface area contributed by atoms with E-state index in [-0.39, 0.29) is 0 Å². The lowest BCUT2D eigenvalue weighted by atomic mass is 10.0. The van der Waals surface area contributed by atoms with Crippen molar-refractivity contribution in [3.8, 4) is 33.6 Å². The Morgan fingerprint density at radius 2 is 0.814 bits per heavy atom. The third-order valence-corrected chi connectivity index (χ3v) is 11.9. The van der Waals surface area contributed by atoms with Crippen LogP contribution in [0.25, 0.3) is 99.2 Å². The van der Waals surface area contributed by atoms with Crippen LogP contribution in [-0.4, -0.2) is 9.13 Å². The number of benzene rings is 9. The zero-order chi connectivity index (χ0) is 39.5. The van der Waals surface area contributed by atoms with Crippen LogP contribution in [-0.2, 0) is 0 Å². The van der Waals surface area contributed by atoms with Gasteiger partial charge in [0.1, 0.15) is 5.58 Å². The van der Waals surface area contributed by atoms with E-state index in [1.807, 2.05) is 0 Å². The molecule has 12 aromatic rings. The average Bonchev–Trinajstić information content (AvgIpc) is 3.95. The molecule has 0 aliphatic rings. The largest absolute Gasteiger partial charge is 0.454 e. The summed E-state index contributed by atoms with van der Waals surface area (Å²) in [5.41, 5.74) is 16.2. The summed E-state index contributed by atoms with van der Waals surface area (Å²) in [7, 11) is 0. The number of hydrogen-bond donors (Lipinski definition) is 0. The van der Waals surface area contributed by atoms with Gasteiger partial charge in [0.05, 0.1) is 27.8 Å². The van der Waals surface area contributed by atoms with Crippen molar-refractivity contribution in [1.29, 1.82) is 0 Å². The van der Waals surface area contributed by atoms with Gasteiger partial charge in [0.15, 0.2) is 5.58 Å². The second-order valence-electron chi connectivity index (χ2n) is 15.4. The predicted molar refractivity (Wildman–Crippen MR) is 249 cm³/mol. The van der Waals surface area contributed by atoms with Gasteiger partial charge in [0, 0.05) is 38.0 Å². The minimum absolute atomic E-state index is 0.875. The molecule has 0 saturated carbocycles. The van der Waals surface area contributed by atoms with Crippen molar-refractivity contribution < 1.29 is 4.42 Å². The van der Waals surface area contributed by atoms with Crippen LogP contribution < -0.4 is 0 Å². The Balaban J connectivity index is 0.000000447. The second kappa shape index (κ2) is 14.1. The number of rotatable bonds is 4. The van der Waals surface area contributed by atoms with Crippen LogP contribution >= 0.6 is 0 Å². The first-order valence-corrected chi connectivity index (χ1v) is 20.3. The summed E-state index contributed by atoms with van der Waals surface area (Å²) in [6.45, 7) is 4.24. The third kappa shape index (κ3) is 5.82. The Morgan fingerprint density at radius 1 is 0.322 bits per heavy atom. The number of aromatic nitrogens is 2. The van der Waals surface area contributed by atoms with Crippen molar-refractivity contribution in [2.45, 2.75) is 13.8 Å². The molecule has 0 fully saturated rings. The number of fused-ring (bicyclic) bond motifs is 9. The highest BCUT2D eigenvalue weighted by molar-refractivity contribution is 6.14. The normalized spacial score (nSPS) is 11.6. The second-order valence-corrected chi connectivity index (χ2v) is 15.4. The summed E-state index contributed by atoms with van der Waals surface area (Å²) in [5.74, 6) is 0. The molecule has 3 heteroatoms. The van der Waals surface area contributed by atoms with E-state index in [1.54, 1.807) is 0 Å². The van der Waals surface area contributed by atoms with Crippen molar-refractivity contribution in [2.24, 2.45) is 0 Å². The summed E-state index contributed by atoms with van der Waals surface area (Å²) < 4.78 is 11.5. The first-order valence-electron chi connectivity index (χ1n) is 20.3. The van der Waals surface area contributed by atoms with Gasteiger partial charge in [-0.3, -0.25) is 0 Å². The van der Waals surface area contributed by atoms with Gasteiger partial charge in [0.2, 0.25) is 0 Å². The lowest BCUT2D eigenvalue weighted by Crippen LogP contribution is -1.94. The van der Waals surface area contributed by atoms with Gasteiger partial charge in [0.25, 0.3) is 0 Å². The first kappa shape index (κ1) is 34.6. The Bertz CT molecular complexity index is 3490. The third-order valence-electron chi connectivity index (χ3n) is 11.9. The Hall–Kier alpha value is -7.62. The fraction of sp³-hybridized carbons (Fsp3) is 0.0357. The maximum atomic E-state index is 6.78. The monoisotopic (exact) mass is 756 g/mol. The standard InChI is InChI=1S/C48H30N2O.C8H10/c1-3-12-31(13-4-1)33-22-25-44-39(28-33)36-16-7-9-19-42(36)49(44)35-24-27-47-41(30-35)38-18-11-21-46(48(38)51-47)50-43-20-10-8-17-37(43)40-29-34(23-26-45(40)50)32-14-5-2-6-15-32;1-7-5-3-4-6-8(7)2/h1-30H;3-6H,1-2H3. The smallest absolute Gasteiger partial charge is 0.159 e. The van der Waals surface area contributed by atoms with Crippen LogP contribution in [0.5, 0.6) is 0 Å². The molecule has 3 aromatic heterocycles. The van der Waals surface area contributed by atoms with Gasteiger partial charge in [-0.15, -0.1) is 0 Å². The van der Waals surface area contributed by atoms with Crippen molar-refractivity contribution in [3.05, 3.63) is 217 Å². The summed E-state index contributed by atoms with van der Waals surface area (Å²) in [6, 6.07) is 73.7. The van der Waals surface area contributed by atoms with Crippen LogP contribution in [0, 0.1) is 13.8 Å². The molecule has 12 rings (SSSR count). The minimum atomic E-state index is 0.875. The summed E-state index contributed by atoms with van der Waals surface area (Å²) in [5, 5.41) is 7.14. The van der Waals surface area contributed by atoms with Crippen molar-refractivity contribution >= 4 is 65.6 Å². The highest BCUT2D eigenvalue weighted by Gasteiger charge is 2.20. The molecule has 0 unspecified atom stereocenters. The fourth-order valence-corrected chi connectivity index (χ4v) is 8.85. The number of aryl methyl sites for hydroxylation is 2. The quantitative estimate of drug-likeness (QED) is 0.175.